The molecular formula is C22H13F6N5O2. The number of anilines is 1. The number of halogens is 6. The molecule has 0 bridgehead atoms. The van der Waals surface area contributed by atoms with E-state index in [1.807, 2.05) is 0 Å². The monoisotopic (exact) mass is 493 g/mol. The fraction of sp³-hybridized carbons (Fsp3) is 0.0909. The van der Waals surface area contributed by atoms with Gasteiger partial charge in [-0.1, -0.05) is 12.1 Å². The molecule has 0 atom stereocenters. The average molecular weight is 493 g/mol. The van der Waals surface area contributed by atoms with Gasteiger partial charge < -0.3 is 10.1 Å². The third kappa shape index (κ3) is 5.39. The molecule has 2 aromatic carbocycles. The van der Waals surface area contributed by atoms with Crippen LogP contribution in [0.25, 0.3) is 5.69 Å². The molecule has 2 heterocycles. The Morgan fingerprint density at radius 3 is 2.37 bits per heavy atom. The van der Waals surface area contributed by atoms with Gasteiger partial charge in [0.1, 0.15) is 5.75 Å². The van der Waals surface area contributed by atoms with Gasteiger partial charge in [-0.25, -0.2) is 9.67 Å². The Bertz CT molecular complexity index is 1350. The molecule has 0 radical (unpaired) electrons. The zero-order chi connectivity index (χ0) is 25.2. The summed E-state index contributed by atoms with van der Waals surface area (Å²) in [5, 5.41) is 5.85. The summed E-state index contributed by atoms with van der Waals surface area (Å²) in [4.78, 5) is 20.5. The van der Waals surface area contributed by atoms with E-state index in [1.54, 1.807) is 0 Å². The number of rotatable bonds is 5. The molecular weight excluding hydrogens is 480 g/mol. The van der Waals surface area contributed by atoms with E-state index < -0.39 is 40.8 Å². The van der Waals surface area contributed by atoms with Gasteiger partial charge in [0, 0.05) is 24.1 Å². The van der Waals surface area contributed by atoms with Crippen molar-refractivity contribution >= 4 is 11.6 Å². The molecule has 0 saturated carbocycles. The van der Waals surface area contributed by atoms with Gasteiger partial charge in [-0.3, -0.25) is 9.78 Å². The van der Waals surface area contributed by atoms with Gasteiger partial charge in [0.05, 0.1) is 29.2 Å². The number of hydrogen-bond acceptors (Lipinski definition) is 5. The second-order valence-corrected chi connectivity index (χ2v) is 6.99. The number of nitrogens with one attached hydrogen (secondary N) is 1. The predicted octanol–water partition coefficient (Wildman–Crippen LogP) is 5.74. The molecule has 0 aliphatic rings. The molecule has 180 valence electrons. The van der Waals surface area contributed by atoms with Gasteiger partial charge >= 0.3 is 12.4 Å². The first kappa shape index (κ1) is 23.7. The number of alkyl halides is 6. The third-order valence-electron chi connectivity index (χ3n) is 4.55. The number of ether oxygens (including phenoxy) is 1. The van der Waals surface area contributed by atoms with E-state index in [1.165, 1.54) is 42.9 Å². The molecule has 1 amide bonds. The molecule has 4 rings (SSSR count). The molecule has 0 spiro atoms. The van der Waals surface area contributed by atoms with E-state index in [9.17, 15) is 31.1 Å². The molecule has 0 aliphatic carbocycles. The Labute approximate surface area is 193 Å². The van der Waals surface area contributed by atoms with Crippen molar-refractivity contribution in [2.45, 2.75) is 12.4 Å². The zero-order valence-electron chi connectivity index (χ0n) is 17.3. The van der Waals surface area contributed by atoms with Crippen LogP contribution in [0, 0.1) is 0 Å². The first-order valence-corrected chi connectivity index (χ1v) is 9.70. The Morgan fingerprint density at radius 2 is 1.69 bits per heavy atom. The summed E-state index contributed by atoms with van der Waals surface area (Å²) < 4.78 is 86.4. The van der Waals surface area contributed by atoms with Gasteiger partial charge in [-0.05, 0) is 30.3 Å². The smallest absolute Gasteiger partial charge is 0.434 e. The van der Waals surface area contributed by atoms with Crippen molar-refractivity contribution in [1.82, 2.24) is 19.7 Å². The molecule has 35 heavy (non-hydrogen) atoms. The minimum absolute atomic E-state index is 0.0938. The van der Waals surface area contributed by atoms with Crippen molar-refractivity contribution < 1.29 is 35.9 Å². The largest absolute Gasteiger partial charge is 0.437 e. The van der Waals surface area contributed by atoms with Crippen molar-refractivity contribution in [3.05, 3.63) is 90.1 Å². The number of carbonyl (C=O) groups excluding carboxylic acids is 1. The summed E-state index contributed by atoms with van der Waals surface area (Å²) in [6, 6.07) is 8.95. The van der Waals surface area contributed by atoms with Gasteiger partial charge in [0.2, 0.25) is 5.88 Å². The van der Waals surface area contributed by atoms with Crippen molar-refractivity contribution in [2.24, 2.45) is 0 Å². The average Bonchev–Trinajstić information content (AvgIpc) is 3.26. The van der Waals surface area contributed by atoms with Crippen LogP contribution in [-0.2, 0) is 12.4 Å². The van der Waals surface area contributed by atoms with Gasteiger partial charge in [-0.15, -0.1) is 0 Å². The number of aromatic nitrogens is 4. The van der Waals surface area contributed by atoms with E-state index >= 15 is 0 Å². The Balaban J connectivity index is 1.64. The van der Waals surface area contributed by atoms with Gasteiger partial charge in [0.15, 0.2) is 5.69 Å². The summed E-state index contributed by atoms with van der Waals surface area (Å²) in [5.41, 5.74) is -3.98. The maximum atomic E-state index is 13.9. The lowest BCUT2D eigenvalue weighted by Crippen LogP contribution is -2.21. The standard InChI is InChI=1S/C22H13F6N5O2/c23-21(24,25)13-3-1-5-15(9-13)33-19(22(26,27)28)17(11-31-33)20(34)32-14-4-2-6-16(10-14)35-18-12-29-7-8-30-18/h1-12H,(H,32,34). The number of benzene rings is 2. The second kappa shape index (κ2) is 9.08. The minimum Gasteiger partial charge on any atom is -0.437 e. The fourth-order valence-electron chi connectivity index (χ4n) is 3.09. The first-order valence-electron chi connectivity index (χ1n) is 9.70. The lowest BCUT2D eigenvalue weighted by molar-refractivity contribution is -0.143. The maximum absolute atomic E-state index is 13.9. The van der Waals surface area contributed by atoms with E-state index in [4.69, 9.17) is 4.74 Å². The normalized spacial score (nSPS) is 11.8. The zero-order valence-corrected chi connectivity index (χ0v) is 17.3. The molecule has 4 aromatic rings. The summed E-state index contributed by atoms with van der Waals surface area (Å²) in [6.45, 7) is 0. The molecule has 0 saturated heterocycles. The fourth-order valence-corrected chi connectivity index (χ4v) is 3.09. The number of nitrogens with zero attached hydrogens (tertiary/aromatic N) is 4. The van der Waals surface area contributed by atoms with E-state index in [2.05, 4.69) is 20.4 Å². The van der Waals surface area contributed by atoms with Crippen LogP contribution in [0.1, 0.15) is 21.6 Å². The van der Waals surface area contributed by atoms with Crippen LogP contribution < -0.4 is 10.1 Å². The van der Waals surface area contributed by atoms with Crippen LogP contribution in [0.5, 0.6) is 11.6 Å². The van der Waals surface area contributed by atoms with Crippen LogP contribution in [0.2, 0.25) is 0 Å². The van der Waals surface area contributed by atoms with E-state index in [0.717, 1.165) is 12.1 Å². The Hall–Kier alpha value is -4.42. The highest BCUT2D eigenvalue weighted by atomic mass is 19.4. The van der Waals surface area contributed by atoms with Crippen molar-refractivity contribution in [3.8, 4) is 17.3 Å². The Morgan fingerprint density at radius 1 is 0.914 bits per heavy atom. The van der Waals surface area contributed by atoms with Crippen LogP contribution >= 0.6 is 0 Å². The first-order chi connectivity index (χ1) is 16.5. The van der Waals surface area contributed by atoms with Crippen LogP contribution in [0.15, 0.2) is 73.3 Å². The molecule has 2 aromatic heterocycles. The predicted molar refractivity (Wildman–Crippen MR) is 110 cm³/mol. The number of carbonyl (C=O) groups is 1. The lowest BCUT2D eigenvalue weighted by Gasteiger charge is -2.14. The second-order valence-electron chi connectivity index (χ2n) is 6.99. The minimum atomic E-state index is -5.10. The molecule has 0 fully saturated rings. The lowest BCUT2D eigenvalue weighted by atomic mass is 10.1. The summed E-state index contributed by atoms with van der Waals surface area (Å²) in [7, 11) is 0. The maximum Gasteiger partial charge on any atom is 0.434 e. The molecule has 1 N–H and O–H groups in total. The molecule has 7 nitrogen and oxygen atoms in total. The molecule has 13 heteroatoms. The molecule has 0 aliphatic heterocycles. The highest BCUT2D eigenvalue weighted by molar-refractivity contribution is 6.05. The van der Waals surface area contributed by atoms with Crippen LogP contribution in [-0.4, -0.2) is 25.7 Å². The summed E-state index contributed by atoms with van der Waals surface area (Å²) in [6.07, 6.45) is -5.08. The quantitative estimate of drug-likeness (QED) is 0.359. The highest BCUT2D eigenvalue weighted by Gasteiger charge is 2.41. The van der Waals surface area contributed by atoms with Crippen LogP contribution in [0.4, 0.5) is 32.0 Å². The Kier molecular flexibility index (Phi) is 6.16. The van der Waals surface area contributed by atoms with Crippen molar-refractivity contribution in [1.29, 1.82) is 0 Å². The van der Waals surface area contributed by atoms with Crippen molar-refractivity contribution in [2.75, 3.05) is 5.32 Å². The molecule has 0 unspecified atom stereocenters. The van der Waals surface area contributed by atoms with Gasteiger partial charge in [0.25, 0.3) is 5.91 Å². The number of amides is 1. The summed E-state index contributed by atoms with van der Waals surface area (Å²) in [5.74, 6) is -0.802. The summed E-state index contributed by atoms with van der Waals surface area (Å²) >= 11 is 0. The van der Waals surface area contributed by atoms with E-state index in [-0.39, 0.29) is 22.0 Å². The SMILES string of the molecule is O=C(Nc1cccc(Oc2cnccn2)c1)c1cnn(-c2cccc(C(F)(F)F)c2)c1C(F)(F)F. The highest BCUT2D eigenvalue weighted by Crippen LogP contribution is 2.36. The number of hydrogen-bond donors (Lipinski definition) is 1. The third-order valence-corrected chi connectivity index (χ3v) is 4.55. The van der Waals surface area contributed by atoms with Crippen molar-refractivity contribution in [3.63, 3.8) is 0 Å². The van der Waals surface area contributed by atoms with E-state index in [0.29, 0.717) is 18.3 Å². The van der Waals surface area contributed by atoms with Gasteiger partial charge in [-0.2, -0.15) is 31.4 Å². The van der Waals surface area contributed by atoms with Crippen LogP contribution in [0.3, 0.4) is 0 Å². The topological polar surface area (TPSA) is 81.9 Å².